The zero-order valence-electron chi connectivity index (χ0n) is 45.9. The summed E-state index contributed by atoms with van der Waals surface area (Å²) in [6.07, 6.45) is 60.9. The fourth-order valence-electron chi connectivity index (χ4n) is 9.46. The Hall–Kier alpha value is -1.59. The Bertz CT molecular complexity index is 1010. The number of hydrogen-bond acceptors (Lipinski definition) is 6. The summed E-state index contributed by atoms with van der Waals surface area (Å²) in [5, 5.41) is 0. The summed E-state index contributed by atoms with van der Waals surface area (Å²) in [7, 11) is 0. The van der Waals surface area contributed by atoms with Crippen LogP contribution in [0, 0.1) is 5.92 Å². The van der Waals surface area contributed by atoms with Gasteiger partial charge in [0.1, 0.15) is 13.2 Å². The van der Waals surface area contributed by atoms with Crippen LogP contribution in [0.2, 0.25) is 0 Å². The fourth-order valence-corrected chi connectivity index (χ4v) is 9.46. The van der Waals surface area contributed by atoms with Gasteiger partial charge in [-0.15, -0.1) is 0 Å². The van der Waals surface area contributed by atoms with E-state index in [-0.39, 0.29) is 31.1 Å². The van der Waals surface area contributed by atoms with Crippen molar-refractivity contribution in [2.45, 2.75) is 355 Å². The molecule has 0 saturated carbocycles. The summed E-state index contributed by atoms with van der Waals surface area (Å²) in [6.45, 7) is 9.08. The van der Waals surface area contributed by atoms with Crippen molar-refractivity contribution in [1.82, 2.24) is 0 Å². The van der Waals surface area contributed by atoms with E-state index in [4.69, 9.17) is 14.2 Å². The molecule has 0 fully saturated rings. The van der Waals surface area contributed by atoms with Crippen molar-refractivity contribution in [1.29, 1.82) is 0 Å². The lowest BCUT2D eigenvalue weighted by atomic mass is 10.0. The van der Waals surface area contributed by atoms with Gasteiger partial charge in [-0.1, -0.05) is 310 Å². The summed E-state index contributed by atoms with van der Waals surface area (Å²) in [5.74, 6) is 0.00877. The smallest absolute Gasteiger partial charge is 0.306 e. The van der Waals surface area contributed by atoms with Gasteiger partial charge < -0.3 is 14.2 Å². The van der Waals surface area contributed by atoms with Crippen LogP contribution in [0.1, 0.15) is 349 Å². The molecule has 0 aromatic carbocycles. The molecular formula is C61H118O6. The highest BCUT2D eigenvalue weighted by Crippen LogP contribution is 2.18. The molecule has 398 valence electrons. The van der Waals surface area contributed by atoms with Gasteiger partial charge in [0, 0.05) is 19.3 Å². The lowest BCUT2D eigenvalue weighted by Crippen LogP contribution is -2.30. The zero-order chi connectivity index (χ0) is 48.8. The van der Waals surface area contributed by atoms with Crippen LogP contribution in [0.5, 0.6) is 0 Å². The Morgan fingerprint density at radius 2 is 0.493 bits per heavy atom. The summed E-state index contributed by atoms with van der Waals surface area (Å²) >= 11 is 0. The number of carbonyl (C=O) groups is 3. The van der Waals surface area contributed by atoms with E-state index in [0.29, 0.717) is 19.3 Å². The topological polar surface area (TPSA) is 78.9 Å². The predicted molar refractivity (Wildman–Crippen MR) is 289 cm³/mol. The van der Waals surface area contributed by atoms with Crippen molar-refractivity contribution >= 4 is 17.9 Å². The number of unbranched alkanes of at least 4 members (excludes halogenated alkanes) is 43. The first-order valence-electron chi connectivity index (χ1n) is 30.4. The van der Waals surface area contributed by atoms with Crippen LogP contribution in [0.4, 0.5) is 0 Å². The first-order valence-corrected chi connectivity index (χ1v) is 30.4. The quantitative estimate of drug-likeness (QED) is 0.0343. The maximum absolute atomic E-state index is 12.9. The highest BCUT2D eigenvalue weighted by molar-refractivity contribution is 5.71. The van der Waals surface area contributed by atoms with E-state index in [0.717, 1.165) is 63.7 Å². The van der Waals surface area contributed by atoms with Crippen LogP contribution in [0.3, 0.4) is 0 Å². The van der Waals surface area contributed by atoms with Gasteiger partial charge in [-0.25, -0.2) is 0 Å². The van der Waals surface area contributed by atoms with Crippen molar-refractivity contribution in [3.8, 4) is 0 Å². The van der Waals surface area contributed by atoms with Gasteiger partial charge in [-0.3, -0.25) is 14.4 Å². The molecule has 6 nitrogen and oxygen atoms in total. The second kappa shape index (κ2) is 55.3. The molecule has 0 N–H and O–H groups in total. The Labute approximate surface area is 418 Å². The molecule has 0 amide bonds. The van der Waals surface area contributed by atoms with E-state index in [2.05, 4.69) is 27.7 Å². The molecule has 0 radical (unpaired) electrons. The lowest BCUT2D eigenvalue weighted by Gasteiger charge is -2.18. The Morgan fingerprint density at radius 1 is 0.284 bits per heavy atom. The Kier molecular flexibility index (Phi) is 54.0. The van der Waals surface area contributed by atoms with E-state index < -0.39 is 6.10 Å². The third-order valence-electron chi connectivity index (χ3n) is 14.0. The van der Waals surface area contributed by atoms with Crippen LogP contribution in [0.15, 0.2) is 0 Å². The standard InChI is InChI=1S/C61H118O6/c1-5-7-9-11-13-15-17-19-21-23-25-29-34-38-42-46-50-54-61(64)67-58(55-65-59(62)52-48-44-40-36-32-28-24-22-20-18-16-14-12-10-8-6-2)56-66-60(63)53-49-45-41-37-33-30-26-27-31-35-39-43-47-51-57(3)4/h57-58H,5-56H2,1-4H3/t58-/m1/s1. The molecule has 1 atom stereocenters. The molecule has 6 heteroatoms. The lowest BCUT2D eigenvalue weighted by molar-refractivity contribution is -0.167. The van der Waals surface area contributed by atoms with Crippen LogP contribution in [-0.4, -0.2) is 37.2 Å². The van der Waals surface area contributed by atoms with Crippen LogP contribution in [-0.2, 0) is 28.6 Å². The Balaban J connectivity index is 4.29. The van der Waals surface area contributed by atoms with Gasteiger partial charge in [0.2, 0.25) is 0 Å². The van der Waals surface area contributed by atoms with Gasteiger partial charge >= 0.3 is 17.9 Å². The van der Waals surface area contributed by atoms with E-state index in [1.807, 2.05) is 0 Å². The van der Waals surface area contributed by atoms with Gasteiger partial charge in [-0.05, 0) is 25.2 Å². The highest BCUT2D eigenvalue weighted by atomic mass is 16.6. The minimum Gasteiger partial charge on any atom is -0.462 e. The highest BCUT2D eigenvalue weighted by Gasteiger charge is 2.19. The first-order chi connectivity index (χ1) is 32.9. The molecule has 0 aromatic heterocycles. The molecule has 0 heterocycles. The predicted octanol–water partition coefficient (Wildman–Crippen LogP) is 20.2. The van der Waals surface area contributed by atoms with Gasteiger partial charge in [0.25, 0.3) is 0 Å². The second-order valence-corrected chi connectivity index (χ2v) is 21.5. The van der Waals surface area contributed by atoms with E-state index in [1.165, 1.54) is 244 Å². The number of carbonyl (C=O) groups excluding carboxylic acids is 3. The molecule has 0 spiro atoms. The second-order valence-electron chi connectivity index (χ2n) is 21.5. The van der Waals surface area contributed by atoms with Crippen molar-refractivity contribution in [2.24, 2.45) is 5.92 Å². The number of hydrogen-bond donors (Lipinski definition) is 0. The molecular weight excluding hydrogens is 829 g/mol. The minimum absolute atomic E-state index is 0.0615. The van der Waals surface area contributed by atoms with Crippen LogP contribution < -0.4 is 0 Å². The summed E-state index contributed by atoms with van der Waals surface area (Å²) in [6, 6.07) is 0. The van der Waals surface area contributed by atoms with Gasteiger partial charge in [-0.2, -0.15) is 0 Å². The van der Waals surface area contributed by atoms with Crippen molar-refractivity contribution in [3.05, 3.63) is 0 Å². The van der Waals surface area contributed by atoms with E-state index in [1.54, 1.807) is 0 Å². The Morgan fingerprint density at radius 3 is 0.731 bits per heavy atom. The first kappa shape index (κ1) is 65.4. The molecule has 0 aliphatic heterocycles. The third-order valence-corrected chi connectivity index (χ3v) is 14.0. The molecule has 0 aromatic rings. The van der Waals surface area contributed by atoms with Crippen molar-refractivity contribution in [2.75, 3.05) is 13.2 Å². The third kappa shape index (κ3) is 55.2. The average molecular weight is 948 g/mol. The minimum atomic E-state index is -0.762. The molecule has 0 unspecified atom stereocenters. The largest absolute Gasteiger partial charge is 0.462 e. The monoisotopic (exact) mass is 947 g/mol. The number of rotatable bonds is 56. The van der Waals surface area contributed by atoms with Crippen molar-refractivity contribution < 1.29 is 28.6 Å². The van der Waals surface area contributed by atoms with Crippen molar-refractivity contribution in [3.63, 3.8) is 0 Å². The maximum Gasteiger partial charge on any atom is 0.306 e. The summed E-state index contributed by atoms with van der Waals surface area (Å²) < 4.78 is 16.9. The average Bonchev–Trinajstić information content (AvgIpc) is 3.31. The number of ether oxygens (including phenoxy) is 3. The molecule has 0 bridgehead atoms. The fraction of sp³-hybridized carbons (Fsp3) is 0.951. The molecule has 0 aliphatic carbocycles. The van der Waals surface area contributed by atoms with E-state index in [9.17, 15) is 14.4 Å². The molecule has 0 saturated heterocycles. The summed E-state index contributed by atoms with van der Waals surface area (Å²) in [4.78, 5) is 38.2. The van der Waals surface area contributed by atoms with Crippen LogP contribution in [0.25, 0.3) is 0 Å². The maximum atomic E-state index is 12.9. The SMILES string of the molecule is CCCCCCCCCCCCCCCCCCCC(=O)O[C@H](COC(=O)CCCCCCCCCCCCCCCCCC)COC(=O)CCCCCCCCCCCCCCCC(C)C. The van der Waals surface area contributed by atoms with Gasteiger partial charge in [0.15, 0.2) is 6.10 Å². The molecule has 67 heavy (non-hydrogen) atoms. The zero-order valence-corrected chi connectivity index (χ0v) is 45.9. The van der Waals surface area contributed by atoms with E-state index >= 15 is 0 Å². The van der Waals surface area contributed by atoms with Crippen LogP contribution >= 0.6 is 0 Å². The normalized spacial score (nSPS) is 12.0. The van der Waals surface area contributed by atoms with Gasteiger partial charge in [0.05, 0.1) is 0 Å². The summed E-state index contributed by atoms with van der Waals surface area (Å²) in [5.41, 5.74) is 0. The molecule has 0 aliphatic rings. The molecule has 0 rings (SSSR count). The number of esters is 3.